The van der Waals surface area contributed by atoms with Gasteiger partial charge in [-0.2, -0.15) is 0 Å². The van der Waals surface area contributed by atoms with Crippen LogP contribution in [0.2, 0.25) is 0 Å². The van der Waals surface area contributed by atoms with Gasteiger partial charge in [-0.15, -0.1) is 0 Å². The topological polar surface area (TPSA) is 94.4 Å². The van der Waals surface area contributed by atoms with E-state index in [2.05, 4.69) is 10.3 Å². The summed E-state index contributed by atoms with van der Waals surface area (Å²) in [6, 6.07) is 15.0. The van der Waals surface area contributed by atoms with Crippen molar-refractivity contribution in [3.05, 3.63) is 70.9 Å². The Hall–Kier alpha value is -3.48. The van der Waals surface area contributed by atoms with Crippen LogP contribution in [0.25, 0.3) is 10.9 Å². The van der Waals surface area contributed by atoms with Gasteiger partial charge in [-0.3, -0.25) is 19.9 Å². The van der Waals surface area contributed by atoms with E-state index in [-0.39, 0.29) is 24.6 Å². The molecule has 3 aromatic rings. The lowest BCUT2D eigenvalue weighted by Gasteiger charge is -2.09. The van der Waals surface area contributed by atoms with E-state index in [4.69, 9.17) is 4.74 Å². The fourth-order valence-corrected chi connectivity index (χ4v) is 2.35. The van der Waals surface area contributed by atoms with Crippen molar-refractivity contribution in [1.82, 2.24) is 4.98 Å². The van der Waals surface area contributed by atoms with Gasteiger partial charge < -0.3 is 10.1 Å². The molecule has 0 saturated carbocycles. The van der Waals surface area contributed by atoms with Gasteiger partial charge in [0.25, 0.3) is 5.69 Å². The Morgan fingerprint density at radius 3 is 2.68 bits per heavy atom. The Bertz CT molecular complexity index is 904. The molecule has 3 rings (SSSR count). The standard InChI is InChI=1S/C18H15N3O4/c22-18(10-12-25-14-8-6-13(7-9-14)21(23)24)20-17-5-1-4-16-15(17)3-2-11-19-16/h1-9,11H,10,12H2,(H,20,22). The highest BCUT2D eigenvalue weighted by Crippen LogP contribution is 2.21. The molecule has 0 unspecified atom stereocenters. The summed E-state index contributed by atoms with van der Waals surface area (Å²) in [5.74, 6) is 0.297. The van der Waals surface area contributed by atoms with Crippen molar-refractivity contribution in [2.45, 2.75) is 6.42 Å². The first-order valence-corrected chi connectivity index (χ1v) is 7.64. The number of carbonyl (C=O) groups is 1. The highest BCUT2D eigenvalue weighted by molar-refractivity contribution is 6.00. The minimum absolute atomic E-state index is 0.00495. The number of nitro benzene ring substituents is 1. The summed E-state index contributed by atoms with van der Waals surface area (Å²) in [5, 5.41) is 14.3. The molecular weight excluding hydrogens is 322 g/mol. The smallest absolute Gasteiger partial charge is 0.269 e. The van der Waals surface area contributed by atoms with Crippen LogP contribution in [0, 0.1) is 10.1 Å². The number of nitro groups is 1. The number of amides is 1. The van der Waals surface area contributed by atoms with Gasteiger partial charge in [0.05, 0.1) is 29.2 Å². The molecule has 0 spiro atoms. The first kappa shape index (κ1) is 16.4. The van der Waals surface area contributed by atoms with E-state index in [0.717, 1.165) is 10.9 Å². The normalized spacial score (nSPS) is 10.4. The molecule has 25 heavy (non-hydrogen) atoms. The van der Waals surface area contributed by atoms with Crippen molar-refractivity contribution in [1.29, 1.82) is 0 Å². The van der Waals surface area contributed by atoms with Crippen LogP contribution in [0.1, 0.15) is 6.42 Å². The molecule has 0 aliphatic carbocycles. The molecule has 7 heteroatoms. The number of non-ortho nitro benzene ring substituents is 1. The number of aromatic nitrogens is 1. The largest absolute Gasteiger partial charge is 0.493 e. The molecule has 126 valence electrons. The number of hydrogen-bond acceptors (Lipinski definition) is 5. The molecule has 0 atom stereocenters. The number of benzene rings is 2. The lowest BCUT2D eigenvalue weighted by Crippen LogP contribution is -2.15. The molecule has 0 radical (unpaired) electrons. The molecule has 1 heterocycles. The predicted molar refractivity (Wildman–Crippen MR) is 93.6 cm³/mol. The summed E-state index contributed by atoms with van der Waals surface area (Å²) in [6.07, 6.45) is 1.86. The zero-order chi connectivity index (χ0) is 17.6. The summed E-state index contributed by atoms with van der Waals surface area (Å²) in [5.41, 5.74) is 1.50. The fraction of sp³-hybridized carbons (Fsp3) is 0.111. The molecule has 0 bridgehead atoms. The molecule has 0 aliphatic heterocycles. The maximum absolute atomic E-state index is 12.1. The highest BCUT2D eigenvalue weighted by Gasteiger charge is 2.08. The van der Waals surface area contributed by atoms with Gasteiger partial charge in [0, 0.05) is 23.7 Å². The van der Waals surface area contributed by atoms with E-state index in [9.17, 15) is 14.9 Å². The SMILES string of the molecule is O=C(CCOc1ccc([N+](=O)[O-])cc1)Nc1cccc2ncccc12. The molecular formula is C18H15N3O4. The van der Waals surface area contributed by atoms with Crippen molar-refractivity contribution in [2.75, 3.05) is 11.9 Å². The summed E-state index contributed by atoms with van der Waals surface area (Å²) in [7, 11) is 0. The number of fused-ring (bicyclic) bond motifs is 1. The lowest BCUT2D eigenvalue weighted by atomic mass is 10.2. The summed E-state index contributed by atoms with van der Waals surface area (Å²) in [4.78, 5) is 26.4. The van der Waals surface area contributed by atoms with Gasteiger partial charge in [-0.1, -0.05) is 6.07 Å². The maximum Gasteiger partial charge on any atom is 0.269 e. The predicted octanol–water partition coefficient (Wildman–Crippen LogP) is 3.55. The second-order valence-electron chi connectivity index (χ2n) is 5.27. The average molecular weight is 337 g/mol. The molecule has 1 N–H and O–H groups in total. The first-order chi connectivity index (χ1) is 12.1. The Morgan fingerprint density at radius 1 is 1.12 bits per heavy atom. The van der Waals surface area contributed by atoms with E-state index in [1.54, 1.807) is 6.20 Å². The Morgan fingerprint density at radius 2 is 1.92 bits per heavy atom. The van der Waals surface area contributed by atoms with Crippen molar-refractivity contribution < 1.29 is 14.5 Å². The third kappa shape index (κ3) is 4.08. The van der Waals surface area contributed by atoms with Crippen LogP contribution < -0.4 is 10.1 Å². The molecule has 0 saturated heterocycles. The zero-order valence-corrected chi connectivity index (χ0v) is 13.2. The molecule has 0 fully saturated rings. The average Bonchev–Trinajstić information content (AvgIpc) is 2.62. The maximum atomic E-state index is 12.1. The quantitative estimate of drug-likeness (QED) is 0.548. The second-order valence-corrected chi connectivity index (χ2v) is 5.27. The zero-order valence-electron chi connectivity index (χ0n) is 13.2. The van der Waals surface area contributed by atoms with E-state index >= 15 is 0 Å². The summed E-state index contributed by atoms with van der Waals surface area (Å²) in [6.45, 7) is 0.173. The van der Waals surface area contributed by atoms with Crippen LogP contribution in [-0.4, -0.2) is 22.4 Å². The third-order valence-corrected chi connectivity index (χ3v) is 3.57. The minimum atomic E-state index is -0.476. The monoisotopic (exact) mass is 337 g/mol. The Balaban J connectivity index is 1.55. The van der Waals surface area contributed by atoms with Crippen molar-refractivity contribution in [2.24, 2.45) is 0 Å². The Kier molecular flexibility index (Phi) is 4.84. The fourth-order valence-electron chi connectivity index (χ4n) is 2.35. The van der Waals surface area contributed by atoms with Crippen LogP contribution in [0.4, 0.5) is 11.4 Å². The minimum Gasteiger partial charge on any atom is -0.493 e. The third-order valence-electron chi connectivity index (χ3n) is 3.57. The lowest BCUT2D eigenvalue weighted by molar-refractivity contribution is -0.384. The van der Waals surface area contributed by atoms with Gasteiger partial charge >= 0.3 is 0 Å². The number of rotatable bonds is 6. The molecule has 1 amide bonds. The number of ether oxygens (including phenoxy) is 1. The summed E-state index contributed by atoms with van der Waals surface area (Å²) >= 11 is 0. The van der Waals surface area contributed by atoms with Crippen molar-refractivity contribution in [3.63, 3.8) is 0 Å². The number of hydrogen-bond donors (Lipinski definition) is 1. The number of nitrogens with one attached hydrogen (secondary N) is 1. The molecule has 7 nitrogen and oxygen atoms in total. The van der Waals surface area contributed by atoms with Crippen LogP contribution in [0.3, 0.4) is 0 Å². The molecule has 0 aliphatic rings. The van der Waals surface area contributed by atoms with Crippen LogP contribution in [0.15, 0.2) is 60.8 Å². The number of carbonyl (C=O) groups excluding carboxylic acids is 1. The van der Waals surface area contributed by atoms with Gasteiger partial charge in [-0.25, -0.2) is 0 Å². The Labute approximate surface area is 143 Å². The van der Waals surface area contributed by atoms with Gasteiger partial charge in [-0.05, 0) is 36.4 Å². The molecule has 2 aromatic carbocycles. The van der Waals surface area contributed by atoms with Crippen LogP contribution >= 0.6 is 0 Å². The van der Waals surface area contributed by atoms with E-state index in [1.165, 1.54) is 24.3 Å². The van der Waals surface area contributed by atoms with Crippen LogP contribution in [-0.2, 0) is 4.79 Å². The number of anilines is 1. The van der Waals surface area contributed by atoms with Crippen molar-refractivity contribution >= 4 is 28.2 Å². The highest BCUT2D eigenvalue weighted by atomic mass is 16.6. The first-order valence-electron chi connectivity index (χ1n) is 7.64. The van der Waals surface area contributed by atoms with Crippen LogP contribution in [0.5, 0.6) is 5.75 Å². The van der Waals surface area contributed by atoms with E-state index in [0.29, 0.717) is 11.4 Å². The van der Waals surface area contributed by atoms with Crippen molar-refractivity contribution in [3.8, 4) is 5.75 Å². The number of nitrogens with zero attached hydrogens (tertiary/aromatic N) is 2. The molecule has 1 aromatic heterocycles. The van der Waals surface area contributed by atoms with Gasteiger partial charge in [0.1, 0.15) is 5.75 Å². The van der Waals surface area contributed by atoms with E-state index < -0.39 is 4.92 Å². The van der Waals surface area contributed by atoms with Gasteiger partial charge in [0.2, 0.25) is 5.91 Å². The van der Waals surface area contributed by atoms with E-state index in [1.807, 2.05) is 30.3 Å². The number of pyridine rings is 1. The second kappa shape index (κ2) is 7.39. The summed E-state index contributed by atoms with van der Waals surface area (Å²) < 4.78 is 5.44. The van der Waals surface area contributed by atoms with Gasteiger partial charge in [0.15, 0.2) is 0 Å².